The summed E-state index contributed by atoms with van der Waals surface area (Å²) in [6.45, 7) is 3.10. The first kappa shape index (κ1) is 13.9. The van der Waals surface area contributed by atoms with Crippen LogP contribution >= 0.6 is 0 Å². The van der Waals surface area contributed by atoms with E-state index in [9.17, 15) is 14.9 Å². The van der Waals surface area contributed by atoms with Crippen LogP contribution in [0.3, 0.4) is 0 Å². The average molecular weight is 300 g/mol. The van der Waals surface area contributed by atoms with Crippen molar-refractivity contribution >= 4 is 16.6 Å². The maximum Gasteiger partial charge on any atom is 0.312 e. The van der Waals surface area contributed by atoms with Gasteiger partial charge in [0.25, 0.3) is 5.56 Å². The first-order valence-corrected chi connectivity index (χ1v) is 6.50. The molecule has 2 aromatic heterocycles. The molecule has 9 heteroatoms. The van der Waals surface area contributed by atoms with Gasteiger partial charge in [0.15, 0.2) is 0 Å². The van der Waals surface area contributed by atoms with Gasteiger partial charge in [0.05, 0.1) is 10.3 Å². The van der Waals surface area contributed by atoms with Gasteiger partial charge in [0, 0.05) is 0 Å². The zero-order valence-corrected chi connectivity index (χ0v) is 11.9. The average Bonchev–Trinajstić information content (AvgIpc) is 2.76. The molecule has 0 amide bonds. The molecule has 0 aliphatic carbocycles. The van der Waals surface area contributed by atoms with Gasteiger partial charge in [-0.15, -0.1) is 5.10 Å². The van der Waals surface area contributed by atoms with E-state index in [1.807, 2.05) is 0 Å². The summed E-state index contributed by atoms with van der Waals surface area (Å²) >= 11 is 0. The van der Waals surface area contributed by atoms with Gasteiger partial charge in [-0.25, -0.2) is 4.68 Å². The second-order valence-corrected chi connectivity index (χ2v) is 4.83. The quantitative estimate of drug-likeness (QED) is 0.527. The van der Waals surface area contributed by atoms with Crippen LogP contribution in [0.25, 0.3) is 10.9 Å². The largest absolute Gasteiger partial charge is 0.312 e. The Balaban J connectivity index is 2.08. The molecule has 0 atom stereocenters. The number of fused-ring (bicyclic) bond motifs is 1. The minimum absolute atomic E-state index is 0.0306. The number of aryl methyl sites for hydroxylation is 1. The van der Waals surface area contributed by atoms with E-state index in [-0.39, 0.29) is 17.9 Å². The summed E-state index contributed by atoms with van der Waals surface area (Å²) in [5, 5.41) is 23.4. The fourth-order valence-electron chi connectivity index (χ4n) is 2.33. The van der Waals surface area contributed by atoms with E-state index in [0.29, 0.717) is 22.3 Å². The van der Waals surface area contributed by atoms with Crippen molar-refractivity contribution in [3.63, 3.8) is 0 Å². The molecule has 3 aromatic rings. The highest BCUT2D eigenvalue weighted by atomic mass is 16.6. The summed E-state index contributed by atoms with van der Waals surface area (Å²) in [4.78, 5) is 22.9. The van der Waals surface area contributed by atoms with Gasteiger partial charge < -0.3 is 0 Å². The molecule has 9 nitrogen and oxygen atoms in total. The summed E-state index contributed by atoms with van der Waals surface area (Å²) in [6.07, 6.45) is 0. The molecule has 0 spiro atoms. The molecule has 2 heterocycles. The van der Waals surface area contributed by atoms with Crippen LogP contribution in [0, 0.1) is 24.0 Å². The third-order valence-electron chi connectivity index (χ3n) is 3.42. The Morgan fingerprint density at radius 3 is 2.64 bits per heavy atom. The second kappa shape index (κ2) is 5.02. The molecule has 3 rings (SSSR count). The van der Waals surface area contributed by atoms with Crippen LogP contribution in [-0.2, 0) is 6.67 Å². The highest BCUT2D eigenvalue weighted by Gasteiger charge is 2.22. The highest BCUT2D eigenvalue weighted by Crippen LogP contribution is 2.21. The van der Waals surface area contributed by atoms with E-state index < -0.39 is 4.92 Å². The Morgan fingerprint density at radius 2 is 1.95 bits per heavy atom. The van der Waals surface area contributed by atoms with Crippen molar-refractivity contribution in [1.29, 1.82) is 0 Å². The van der Waals surface area contributed by atoms with Crippen molar-refractivity contribution in [2.24, 2.45) is 0 Å². The van der Waals surface area contributed by atoms with Crippen LogP contribution in [0.1, 0.15) is 11.4 Å². The number of hydrogen-bond acceptors (Lipinski definition) is 6. The Morgan fingerprint density at radius 1 is 1.23 bits per heavy atom. The Labute approximate surface area is 123 Å². The van der Waals surface area contributed by atoms with E-state index in [1.54, 1.807) is 38.1 Å². The van der Waals surface area contributed by atoms with Crippen molar-refractivity contribution in [3.8, 4) is 0 Å². The van der Waals surface area contributed by atoms with Crippen molar-refractivity contribution in [1.82, 2.24) is 24.8 Å². The third kappa shape index (κ3) is 2.12. The van der Waals surface area contributed by atoms with Crippen LogP contribution in [-0.4, -0.2) is 29.7 Å². The minimum atomic E-state index is -0.483. The fraction of sp³-hybridized carbons (Fsp3) is 0.231. The summed E-state index contributed by atoms with van der Waals surface area (Å²) in [7, 11) is 0. The minimum Gasteiger partial charge on any atom is -0.267 e. The van der Waals surface area contributed by atoms with Gasteiger partial charge in [0.2, 0.25) is 0 Å². The van der Waals surface area contributed by atoms with Crippen LogP contribution < -0.4 is 5.56 Å². The summed E-state index contributed by atoms with van der Waals surface area (Å²) < 4.78 is 2.50. The molecule has 0 unspecified atom stereocenters. The number of hydrogen-bond donors (Lipinski definition) is 0. The monoisotopic (exact) mass is 300 g/mol. The maximum atomic E-state index is 12.4. The van der Waals surface area contributed by atoms with Crippen molar-refractivity contribution in [2.75, 3.05) is 0 Å². The maximum absolute atomic E-state index is 12.4. The van der Waals surface area contributed by atoms with E-state index in [2.05, 4.69) is 15.4 Å². The van der Waals surface area contributed by atoms with Gasteiger partial charge in [0.1, 0.15) is 23.6 Å². The third-order valence-corrected chi connectivity index (χ3v) is 3.42. The molecular formula is C13H12N6O3. The molecule has 1 aromatic carbocycles. The second-order valence-electron chi connectivity index (χ2n) is 4.83. The number of rotatable bonds is 3. The number of nitrogens with zero attached hydrogens (tertiary/aromatic N) is 6. The van der Waals surface area contributed by atoms with E-state index in [1.165, 1.54) is 4.68 Å². The summed E-state index contributed by atoms with van der Waals surface area (Å²) in [5.41, 5.74) is 0.791. The lowest BCUT2D eigenvalue weighted by atomic mass is 10.2. The van der Waals surface area contributed by atoms with Crippen molar-refractivity contribution < 1.29 is 4.92 Å². The highest BCUT2D eigenvalue weighted by molar-refractivity contribution is 5.76. The lowest BCUT2D eigenvalue weighted by Gasteiger charge is -2.06. The molecule has 22 heavy (non-hydrogen) atoms. The Kier molecular flexibility index (Phi) is 3.17. The van der Waals surface area contributed by atoms with Crippen molar-refractivity contribution in [3.05, 3.63) is 56.1 Å². The van der Waals surface area contributed by atoms with Crippen LogP contribution in [0.15, 0.2) is 29.1 Å². The molecule has 0 saturated heterocycles. The predicted molar refractivity (Wildman–Crippen MR) is 77.6 cm³/mol. The first-order chi connectivity index (χ1) is 10.5. The van der Waals surface area contributed by atoms with Gasteiger partial charge in [-0.1, -0.05) is 17.3 Å². The summed E-state index contributed by atoms with van der Waals surface area (Å²) in [5.74, 6) is 0. The van der Waals surface area contributed by atoms with Crippen molar-refractivity contribution in [2.45, 2.75) is 20.5 Å². The summed E-state index contributed by atoms with van der Waals surface area (Å²) in [6, 6.07) is 6.86. The van der Waals surface area contributed by atoms with E-state index >= 15 is 0 Å². The topological polar surface area (TPSA) is 109 Å². The Hall–Kier alpha value is -3.10. The molecule has 0 fully saturated rings. The normalized spacial score (nSPS) is 11.0. The van der Waals surface area contributed by atoms with Gasteiger partial charge >= 0.3 is 5.69 Å². The molecule has 112 valence electrons. The zero-order chi connectivity index (χ0) is 15.9. The zero-order valence-electron chi connectivity index (χ0n) is 11.9. The number of nitro groups is 1. The lowest BCUT2D eigenvalue weighted by Crippen LogP contribution is -2.28. The Bertz CT molecular complexity index is 943. The number of aromatic nitrogens is 5. The SMILES string of the molecule is Cc1nn(Cn2nnc3ccccc3c2=O)c(C)c1[N+](=O)[O-]. The fourth-order valence-corrected chi connectivity index (χ4v) is 2.33. The molecule has 0 aliphatic heterocycles. The smallest absolute Gasteiger partial charge is 0.267 e. The number of benzene rings is 1. The standard InChI is InChI=1S/C13H12N6O3/c1-8-12(19(21)22)9(2)17(15-8)7-18-13(20)10-5-3-4-6-11(10)14-16-18/h3-6H,7H2,1-2H3. The van der Waals surface area contributed by atoms with Crippen LogP contribution in [0.2, 0.25) is 0 Å². The predicted octanol–water partition coefficient (Wildman–Crippen LogP) is 1.02. The lowest BCUT2D eigenvalue weighted by molar-refractivity contribution is -0.386. The van der Waals surface area contributed by atoms with Gasteiger partial charge in [-0.05, 0) is 26.0 Å². The van der Waals surface area contributed by atoms with Crippen LogP contribution in [0.5, 0.6) is 0 Å². The van der Waals surface area contributed by atoms with E-state index in [0.717, 1.165) is 4.68 Å². The molecule has 0 saturated carbocycles. The first-order valence-electron chi connectivity index (χ1n) is 6.50. The van der Waals surface area contributed by atoms with Gasteiger partial charge in [-0.2, -0.15) is 9.78 Å². The van der Waals surface area contributed by atoms with Crippen LogP contribution in [0.4, 0.5) is 5.69 Å². The molecule has 0 aliphatic rings. The van der Waals surface area contributed by atoms with E-state index in [4.69, 9.17) is 0 Å². The molecule has 0 bridgehead atoms. The molecule has 0 radical (unpaired) electrons. The molecule has 0 N–H and O–H groups in total. The molecular weight excluding hydrogens is 288 g/mol. The van der Waals surface area contributed by atoms with Gasteiger partial charge in [-0.3, -0.25) is 14.9 Å².